The van der Waals surface area contributed by atoms with E-state index in [9.17, 15) is 9.59 Å². The van der Waals surface area contributed by atoms with Crippen LogP contribution in [0.15, 0.2) is 48.5 Å². The molecule has 1 aliphatic heterocycles. The molecule has 5 nitrogen and oxygen atoms in total. The molecule has 1 saturated heterocycles. The van der Waals surface area contributed by atoms with Crippen molar-refractivity contribution in [2.75, 3.05) is 18.5 Å². The second-order valence-electron chi connectivity index (χ2n) is 6.81. The molecular formula is C21H21N3O2S. The molecule has 0 radical (unpaired) electrons. The van der Waals surface area contributed by atoms with Crippen LogP contribution < -0.4 is 4.90 Å². The number of benzene rings is 2. The van der Waals surface area contributed by atoms with E-state index < -0.39 is 0 Å². The van der Waals surface area contributed by atoms with Crippen molar-refractivity contribution in [3.8, 4) is 0 Å². The maximum absolute atomic E-state index is 13.0. The van der Waals surface area contributed by atoms with Crippen LogP contribution in [0.2, 0.25) is 0 Å². The molecule has 27 heavy (non-hydrogen) atoms. The van der Waals surface area contributed by atoms with Crippen molar-refractivity contribution >= 4 is 39.1 Å². The Bertz CT molecular complexity index is 980. The van der Waals surface area contributed by atoms with Gasteiger partial charge in [-0.1, -0.05) is 18.2 Å². The van der Waals surface area contributed by atoms with E-state index >= 15 is 0 Å². The van der Waals surface area contributed by atoms with E-state index in [4.69, 9.17) is 0 Å². The molecule has 1 aromatic heterocycles. The molecule has 1 fully saturated rings. The summed E-state index contributed by atoms with van der Waals surface area (Å²) < 4.78 is 1.12. The Morgan fingerprint density at radius 1 is 1.22 bits per heavy atom. The van der Waals surface area contributed by atoms with Crippen molar-refractivity contribution < 1.29 is 9.59 Å². The van der Waals surface area contributed by atoms with Crippen LogP contribution in [-0.2, 0) is 4.79 Å². The molecule has 1 atom stereocenters. The number of hydrogen-bond donors (Lipinski definition) is 0. The zero-order chi connectivity index (χ0) is 19.0. The van der Waals surface area contributed by atoms with Gasteiger partial charge in [0.15, 0.2) is 0 Å². The number of para-hydroxylation sites is 1. The lowest BCUT2D eigenvalue weighted by molar-refractivity contribution is -0.117. The highest BCUT2D eigenvalue weighted by molar-refractivity contribution is 7.18. The van der Waals surface area contributed by atoms with Crippen LogP contribution >= 0.6 is 11.3 Å². The first-order valence-electron chi connectivity index (χ1n) is 9.07. The molecule has 3 aromatic rings. The lowest BCUT2D eigenvalue weighted by Crippen LogP contribution is -2.30. The number of anilines is 1. The number of hydrogen-bond acceptors (Lipinski definition) is 4. The van der Waals surface area contributed by atoms with Crippen molar-refractivity contribution in [1.82, 2.24) is 9.88 Å². The van der Waals surface area contributed by atoms with Crippen LogP contribution in [0.5, 0.6) is 0 Å². The highest BCUT2D eigenvalue weighted by atomic mass is 32.1. The lowest BCUT2D eigenvalue weighted by atomic mass is 10.1. The number of thiazole rings is 1. The minimum absolute atomic E-state index is 0.0738. The molecule has 2 heterocycles. The van der Waals surface area contributed by atoms with Gasteiger partial charge in [0.25, 0.3) is 5.91 Å². The quantitative estimate of drug-likeness (QED) is 0.681. The number of fused-ring (bicyclic) bond motifs is 1. The Morgan fingerprint density at radius 2 is 2.04 bits per heavy atom. The van der Waals surface area contributed by atoms with E-state index in [0.717, 1.165) is 27.3 Å². The second-order valence-corrected chi connectivity index (χ2v) is 7.87. The Hall–Kier alpha value is -2.73. The van der Waals surface area contributed by atoms with Gasteiger partial charge in [0.1, 0.15) is 5.01 Å². The fourth-order valence-electron chi connectivity index (χ4n) is 3.34. The van der Waals surface area contributed by atoms with E-state index in [2.05, 4.69) is 4.98 Å². The molecule has 0 aliphatic carbocycles. The van der Waals surface area contributed by atoms with E-state index in [1.165, 1.54) is 0 Å². The first-order valence-corrected chi connectivity index (χ1v) is 9.89. The third-order valence-corrected chi connectivity index (χ3v) is 6.25. The van der Waals surface area contributed by atoms with E-state index in [-0.39, 0.29) is 17.9 Å². The molecule has 1 aliphatic rings. The van der Waals surface area contributed by atoms with Gasteiger partial charge in [-0.25, -0.2) is 4.98 Å². The third kappa shape index (κ3) is 3.32. The van der Waals surface area contributed by atoms with E-state index in [1.54, 1.807) is 34.3 Å². The summed E-state index contributed by atoms with van der Waals surface area (Å²) in [6, 6.07) is 15.2. The summed E-state index contributed by atoms with van der Waals surface area (Å²) >= 11 is 1.61. The first kappa shape index (κ1) is 17.7. The summed E-state index contributed by atoms with van der Waals surface area (Å²) in [6.07, 6.45) is 1.44. The fraction of sp³-hybridized carbons (Fsp3) is 0.286. The standard InChI is InChI=1S/C21H21N3O2S/c1-14(20-22-17-9-3-4-10-18(17)27-20)23(2)21(26)15-7-5-8-16(13-15)24-12-6-11-19(24)25/h3-5,7-10,13-14H,6,11-12H2,1-2H3/t14-/m1/s1. The van der Waals surface area contributed by atoms with E-state index in [0.29, 0.717) is 18.5 Å². The molecule has 0 saturated carbocycles. The normalized spacial score (nSPS) is 15.3. The molecular weight excluding hydrogens is 358 g/mol. The highest BCUT2D eigenvalue weighted by Crippen LogP contribution is 2.30. The number of carbonyl (C=O) groups is 2. The van der Waals surface area contributed by atoms with E-state index in [1.807, 2.05) is 49.4 Å². The number of aromatic nitrogens is 1. The van der Waals surface area contributed by atoms with Gasteiger partial charge in [-0.05, 0) is 43.7 Å². The Labute approximate surface area is 162 Å². The lowest BCUT2D eigenvalue weighted by Gasteiger charge is -2.24. The average molecular weight is 379 g/mol. The average Bonchev–Trinajstić information content (AvgIpc) is 3.32. The van der Waals surface area contributed by atoms with Gasteiger partial charge in [0.2, 0.25) is 5.91 Å². The summed E-state index contributed by atoms with van der Waals surface area (Å²) in [5.41, 5.74) is 2.34. The summed E-state index contributed by atoms with van der Waals surface area (Å²) in [5, 5.41) is 0.915. The Morgan fingerprint density at radius 3 is 2.78 bits per heavy atom. The molecule has 0 unspecified atom stereocenters. The third-order valence-electron chi connectivity index (χ3n) is 5.05. The molecule has 2 amide bonds. The predicted octanol–water partition coefficient (Wildman–Crippen LogP) is 4.26. The van der Waals surface area contributed by atoms with Crippen LogP contribution in [0.25, 0.3) is 10.2 Å². The maximum Gasteiger partial charge on any atom is 0.254 e. The minimum atomic E-state index is -0.132. The van der Waals surface area contributed by atoms with Crippen molar-refractivity contribution in [2.45, 2.75) is 25.8 Å². The topological polar surface area (TPSA) is 53.5 Å². The van der Waals surface area contributed by atoms with Gasteiger partial charge in [-0.15, -0.1) is 11.3 Å². The first-order chi connectivity index (χ1) is 13.0. The Kier molecular flexibility index (Phi) is 4.66. The van der Waals surface area contributed by atoms with Crippen molar-refractivity contribution in [3.05, 3.63) is 59.1 Å². The maximum atomic E-state index is 13.0. The number of nitrogens with zero attached hydrogens (tertiary/aromatic N) is 3. The number of amides is 2. The molecule has 2 aromatic carbocycles. The summed E-state index contributed by atoms with van der Waals surface area (Å²) in [5.74, 6) is 0.0473. The molecule has 138 valence electrons. The smallest absolute Gasteiger partial charge is 0.254 e. The SMILES string of the molecule is C[C@H](c1nc2ccccc2s1)N(C)C(=O)c1cccc(N2CCCC2=O)c1. The van der Waals surface area contributed by atoms with Gasteiger partial charge < -0.3 is 9.80 Å². The second kappa shape index (κ2) is 7.12. The highest BCUT2D eigenvalue weighted by Gasteiger charge is 2.25. The largest absolute Gasteiger partial charge is 0.333 e. The van der Waals surface area contributed by atoms with Crippen molar-refractivity contribution in [2.24, 2.45) is 0 Å². The molecule has 0 spiro atoms. The summed E-state index contributed by atoms with van der Waals surface area (Å²) in [7, 11) is 1.80. The molecule has 0 N–H and O–H groups in total. The summed E-state index contributed by atoms with van der Waals surface area (Å²) in [6.45, 7) is 2.71. The fourth-order valence-corrected chi connectivity index (χ4v) is 4.40. The van der Waals surface area contributed by atoms with Crippen LogP contribution in [0.1, 0.15) is 41.2 Å². The van der Waals surface area contributed by atoms with Gasteiger partial charge in [-0.2, -0.15) is 0 Å². The zero-order valence-corrected chi connectivity index (χ0v) is 16.2. The van der Waals surface area contributed by atoms with Crippen molar-refractivity contribution in [1.29, 1.82) is 0 Å². The van der Waals surface area contributed by atoms with Gasteiger partial charge in [-0.3, -0.25) is 9.59 Å². The van der Waals surface area contributed by atoms with Gasteiger partial charge in [0, 0.05) is 31.3 Å². The monoisotopic (exact) mass is 379 g/mol. The summed E-state index contributed by atoms with van der Waals surface area (Å²) in [4.78, 5) is 33.2. The van der Waals surface area contributed by atoms with Gasteiger partial charge >= 0.3 is 0 Å². The number of rotatable bonds is 4. The minimum Gasteiger partial charge on any atom is -0.333 e. The predicted molar refractivity (Wildman–Crippen MR) is 108 cm³/mol. The Balaban J connectivity index is 1.57. The number of carbonyl (C=O) groups excluding carboxylic acids is 2. The molecule has 4 rings (SSSR count). The van der Waals surface area contributed by atoms with Crippen LogP contribution in [0.3, 0.4) is 0 Å². The van der Waals surface area contributed by atoms with Gasteiger partial charge in [0.05, 0.1) is 16.3 Å². The molecule has 6 heteroatoms. The molecule has 0 bridgehead atoms. The van der Waals surface area contributed by atoms with Crippen molar-refractivity contribution in [3.63, 3.8) is 0 Å². The van der Waals surface area contributed by atoms with Crippen LogP contribution in [-0.4, -0.2) is 35.3 Å². The zero-order valence-electron chi connectivity index (χ0n) is 15.4. The van der Waals surface area contributed by atoms with Crippen LogP contribution in [0, 0.1) is 0 Å². The van der Waals surface area contributed by atoms with Crippen LogP contribution in [0.4, 0.5) is 5.69 Å².